The molecule has 3 heteroatoms. The van der Waals surface area contributed by atoms with Crippen LogP contribution in [0.2, 0.25) is 0 Å². The lowest BCUT2D eigenvalue weighted by molar-refractivity contribution is -0.925. The van der Waals surface area contributed by atoms with Crippen molar-refractivity contribution < 1.29 is 9.28 Å². The summed E-state index contributed by atoms with van der Waals surface area (Å²) in [5.41, 5.74) is 3.28. The van der Waals surface area contributed by atoms with Crippen molar-refractivity contribution in [3.8, 4) is 0 Å². The van der Waals surface area contributed by atoms with Gasteiger partial charge in [0.2, 0.25) is 0 Å². The van der Waals surface area contributed by atoms with Crippen LogP contribution in [0.15, 0.2) is 18.2 Å². The third-order valence-corrected chi connectivity index (χ3v) is 4.69. The predicted molar refractivity (Wildman–Crippen MR) is 88.4 cm³/mol. The topological polar surface area (TPSA) is 29.1 Å². The second kappa shape index (κ2) is 7.08. The summed E-state index contributed by atoms with van der Waals surface area (Å²) in [7, 11) is 0. The molecular weight excluding hydrogens is 260 g/mol. The van der Waals surface area contributed by atoms with Crippen LogP contribution in [0.25, 0.3) is 0 Å². The SMILES string of the molecule is CCC[N+]1(CC(=O)Nc2c(C)cccc2C)CCCCC1. The minimum absolute atomic E-state index is 0.169. The van der Waals surface area contributed by atoms with Crippen LogP contribution in [-0.4, -0.2) is 36.6 Å². The lowest BCUT2D eigenvalue weighted by Crippen LogP contribution is -2.55. The van der Waals surface area contributed by atoms with Crippen molar-refractivity contribution in [3.05, 3.63) is 29.3 Å². The summed E-state index contributed by atoms with van der Waals surface area (Å²) >= 11 is 0. The molecule has 1 fully saturated rings. The maximum absolute atomic E-state index is 12.5. The van der Waals surface area contributed by atoms with Crippen molar-refractivity contribution in [2.45, 2.75) is 46.5 Å². The van der Waals surface area contributed by atoms with Gasteiger partial charge in [0.15, 0.2) is 6.54 Å². The lowest BCUT2D eigenvalue weighted by atomic mass is 10.1. The molecule has 1 heterocycles. The summed E-state index contributed by atoms with van der Waals surface area (Å²) in [6, 6.07) is 6.15. The number of hydrogen-bond donors (Lipinski definition) is 1. The molecule has 0 radical (unpaired) electrons. The average molecular weight is 289 g/mol. The number of para-hydroxylation sites is 1. The van der Waals surface area contributed by atoms with E-state index in [-0.39, 0.29) is 5.91 Å². The molecule has 1 amide bonds. The third-order valence-electron chi connectivity index (χ3n) is 4.69. The second-order valence-electron chi connectivity index (χ2n) is 6.55. The van der Waals surface area contributed by atoms with Gasteiger partial charge in [0.25, 0.3) is 5.91 Å². The number of rotatable bonds is 5. The number of carbonyl (C=O) groups excluding carboxylic acids is 1. The summed E-state index contributed by atoms with van der Waals surface area (Å²) < 4.78 is 0.979. The van der Waals surface area contributed by atoms with Crippen LogP contribution in [-0.2, 0) is 4.79 Å². The maximum Gasteiger partial charge on any atom is 0.279 e. The number of aryl methyl sites for hydroxylation is 2. The van der Waals surface area contributed by atoms with E-state index in [1.807, 2.05) is 6.07 Å². The highest BCUT2D eigenvalue weighted by Gasteiger charge is 2.31. The minimum Gasteiger partial charge on any atom is -0.321 e. The van der Waals surface area contributed by atoms with Crippen LogP contribution in [0.4, 0.5) is 5.69 Å². The first-order valence-corrected chi connectivity index (χ1v) is 8.27. The number of nitrogens with one attached hydrogen (secondary N) is 1. The highest BCUT2D eigenvalue weighted by molar-refractivity contribution is 5.93. The smallest absolute Gasteiger partial charge is 0.279 e. The highest BCUT2D eigenvalue weighted by Crippen LogP contribution is 2.22. The van der Waals surface area contributed by atoms with Crippen LogP contribution in [0, 0.1) is 13.8 Å². The summed E-state index contributed by atoms with van der Waals surface area (Å²) in [5, 5.41) is 3.15. The summed E-state index contributed by atoms with van der Waals surface area (Å²) in [5.74, 6) is 0.169. The number of nitrogens with zero attached hydrogens (tertiary/aromatic N) is 1. The third kappa shape index (κ3) is 4.07. The van der Waals surface area contributed by atoms with Crippen LogP contribution in [0.5, 0.6) is 0 Å². The molecular formula is C18H29N2O+. The highest BCUT2D eigenvalue weighted by atomic mass is 16.2. The number of anilines is 1. The molecule has 1 saturated heterocycles. The van der Waals surface area contributed by atoms with E-state index in [1.165, 1.54) is 19.3 Å². The molecule has 0 aromatic heterocycles. The first-order valence-electron chi connectivity index (χ1n) is 8.27. The Labute approximate surface area is 128 Å². The normalized spacial score (nSPS) is 17.5. The van der Waals surface area contributed by atoms with Gasteiger partial charge in [-0.2, -0.15) is 0 Å². The predicted octanol–water partition coefficient (Wildman–Crippen LogP) is 3.65. The average Bonchev–Trinajstić information content (AvgIpc) is 2.44. The molecule has 21 heavy (non-hydrogen) atoms. The fourth-order valence-electron chi connectivity index (χ4n) is 3.61. The zero-order valence-electron chi connectivity index (χ0n) is 13.7. The molecule has 1 aliphatic rings. The first kappa shape index (κ1) is 16.0. The van der Waals surface area contributed by atoms with Crippen molar-refractivity contribution in [2.75, 3.05) is 31.5 Å². The fourth-order valence-corrected chi connectivity index (χ4v) is 3.61. The van der Waals surface area contributed by atoms with Crippen molar-refractivity contribution in [1.82, 2.24) is 0 Å². The molecule has 0 aliphatic carbocycles. The summed E-state index contributed by atoms with van der Waals surface area (Å²) in [6.45, 7) is 10.4. The molecule has 1 aromatic rings. The lowest BCUT2D eigenvalue weighted by Gasteiger charge is -2.40. The zero-order valence-corrected chi connectivity index (χ0v) is 13.7. The summed E-state index contributed by atoms with van der Waals surface area (Å²) in [4.78, 5) is 12.5. The maximum atomic E-state index is 12.5. The largest absolute Gasteiger partial charge is 0.321 e. The van der Waals surface area contributed by atoms with Gasteiger partial charge in [-0.25, -0.2) is 0 Å². The van der Waals surface area contributed by atoms with Gasteiger partial charge in [0.05, 0.1) is 19.6 Å². The van der Waals surface area contributed by atoms with E-state index in [2.05, 4.69) is 38.2 Å². The van der Waals surface area contributed by atoms with Crippen LogP contribution >= 0.6 is 0 Å². The van der Waals surface area contributed by atoms with Gasteiger partial charge in [-0.1, -0.05) is 25.1 Å². The Bertz CT molecular complexity index is 464. The van der Waals surface area contributed by atoms with Crippen LogP contribution < -0.4 is 5.32 Å². The van der Waals surface area contributed by atoms with Crippen LogP contribution in [0.1, 0.15) is 43.7 Å². The number of likely N-dealkylation sites (tertiary alicyclic amines) is 1. The van der Waals surface area contributed by atoms with Gasteiger partial charge in [-0.05, 0) is 50.7 Å². The van der Waals surface area contributed by atoms with Crippen LogP contribution in [0.3, 0.4) is 0 Å². The minimum atomic E-state index is 0.169. The van der Waals surface area contributed by atoms with Crippen molar-refractivity contribution in [1.29, 1.82) is 0 Å². The number of quaternary nitrogens is 1. The Morgan fingerprint density at radius 2 is 1.76 bits per heavy atom. The van der Waals surface area contributed by atoms with E-state index >= 15 is 0 Å². The van der Waals surface area contributed by atoms with E-state index in [0.29, 0.717) is 6.54 Å². The molecule has 1 N–H and O–H groups in total. The standard InChI is InChI=1S/C18H28N2O/c1-4-11-20(12-6-5-7-13-20)14-17(21)19-18-15(2)9-8-10-16(18)3/h8-10H,4-7,11-14H2,1-3H3/p+1. The number of carbonyl (C=O) groups is 1. The quantitative estimate of drug-likeness (QED) is 0.824. The first-order chi connectivity index (χ1) is 10.1. The molecule has 0 bridgehead atoms. The second-order valence-corrected chi connectivity index (χ2v) is 6.55. The van der Waals surface area contributed by atoms with Crippen molar-refractivity contribution >= 4 is 11.6 Å². The van der Waals surface area contributed by atoms with Gasteiger partial charge < -0.3 is 9.80 Å². The molecule has 2 rings (SSSR count). The van der Waals surface area contributed by atoms with Crippen molar-refractivity contribution in [2.24, 2.45) is 0 Å². The molecule has 116 valence electrons. The van der Waals surface area contributed by atoms with Gasteiger partial charge in [0, 0.05) is 5.69 Å². The fraction of sp³-hybridized carbons (Fsp3) is 0.611. The molecule has 0 saturated carbocycles. The van der Waals surface area contributed by atoms with E-state index in [0.717, 1.165) is 47.4 Å². The van der Waals surface area contributed by atoms with Crippen molar-refractivity contribution in [3.63, 3.8) is 0 Å². The van der Waals surface area contributed by atoms with E-state index in [1.54, 1.807) is 0 Å². The Balaban J connectivity index is 2.05. The Kier molecular flexibility index (Phi) is 5.40. The monoisotopic (exact) mass is 289 g/mol. The van der Waals surface area contributed by atoms with Gasteiger partial charge in [-0.15, -0.1) is 0 Å². The van der Waals surface area contributed by atoms with E-state index in [4.69, 9.17) is 0 Å². The molecule has 3 nitrogen and oxygen atoms in total. The van der Waals surface area contributed by atoms with Gasteiger partial charge >= 0.3 is 0 Å². The molecule has 1 aromatic carbocycles. The number of benzene rings is 1. The summed E-state index contributed by atoms with van der Waals surface area (Å²) in [6.07, 6.45) is 4.99. The Morgan fingerprint density at radius 3 is 2.33 bits per heavy atom. The van der Waals surface area contributed by atoms with E-state index < -0.39 is 0 Å². The number of hydrogen-bond acceptors (Lipinski definition) is 1. The van der Waals surface area contributed by atoms with E-state index in [9.17, 15) is 4.79 Å². The molecule has 0 unspecified atom stereocenters. The van der Waals surface area contributed by atoms with Gasteiger partial charge in [0.1, 0.15) is 0 Å². The zero-order chi connectivity index (χ0) is 15.3. The number of piperidine rings is 1. The molecule has 0 atom stereocenters. The van der Waals surface area contributed by atoms with Gasteiger partial charge in [-0.3, -0.25) is 4.79 Å². The Morgan fingerprint density at radius 1 is 1.14 bits per heavy atom. The number of amides is 1. The molecule has 1 aliphatic heterocycles. The Hall–Kier alpha value is -1.35. The molecule has 0 spiro atoms.